The number of hydrogen-bond acceptors (Lipinski definition) is 5. The molecule has 4 fully saturated rings. The van der Waals surface area contributed by atoms with Gasteiger partial charge in [0.1, 0.15) is 16.7 Å². The van der Waals surface area contributed by atoms with E-state index >= 15 is 4.79 Å². The number of carbonyl (C=O) groups excluding carboxylic acids is 2. The van der Waals surface area contributed by atoms with Gasteiger partial charge in [-0.3, -0.25) is 19.2 Å². The van der Waals surface area contributed by atoms with Gasteiger partial charge in [-0.05, 0) is 100 Å². The first-order valence-corrected chi connectivity index (χ1v) is 19.9. The maximum absolute atomic E-state index is 15.1. The molecule has 3 aromatic rings. The predicted molar refractivity (Wildman–Crippen MR) is 195 cm³/mol. The third-order valence-electron chi connectivity index (χ3n) is 12.9. The highest BCUT2D eigenvalue weighted by molar-refractivity contribution is 7.84. The number of rotatable bonds is 6. The van der Waals surface area contributed by atoms with Gasteiger partial charge in [-0.15, -0.1) is 0 Å². The van der Waals surface area contributed by atoms with Crippen LogP contribution in [0.3, 0.4) is 0 Å². The molecule has 8 rings (SSSR count). The lowest BCUT2D eigenvalue weighted by molar-refractivity contribution is -0.144. The van der Waals surface area contributed by atoms with Crippen LogP contribution in [0, 0.1) is 5.41 Å². The molecule has 5 aliphatic rings. The van der Waals surface area contributed by atoms with Crippen molar-refractivity contribution in [2.45, 2.75) is 114 Å². The monoisotopic (exact) mass is 684 g/mol. The summed E-state index contributed by atoms with van der Waals surface area (Å²) in [6.07, 6.45) is 12.9. The smallest absolute Gasteiger partial charge is 0.263 e. The highest BCUT2D eigenvalue weighted by Crippen LogP contribution is 2.66. The van der Waals surface area contributed by atoms with Crippen molar-refractivity contribution in [3.05, 3.63) is 53.1 Å². The lowest BCUT2D eigenvalue weighted by Crippen LogP contribution is -2.63. The second-order valence-corrected chi connectivity index (χ2v) is 17.7. The van der Waals surface area contributed by atoms with E-state index in [9.17, 15) is 9.00 Å². The summed E-state index contributed by atoms with van der Waals surface area (Å²) in [6.45, 7) is 6.76. The number of carbonyl (C=O) groups is 2. The van der Waals surface area contributed by atoms with E-state index in [4.69, 9.17) is 4.74 Å². The van der Waals surface area contributed by atoms with Crippen molar-refractivity contribution in [3.63, 3.8) is 0 Å². The zero-order chi connectivity index (χ0) is 34.1. The van der Waals surface area contributed by atoms with E-state index in [-0.39, 0.29) is 22.6 Å². The van der Waals surface area contributed by atoms with Crippen LogP contribution in [0.1, 0.15) is 118 Å². The van der Waals surface area contributed by atoms with Gasteiger partial charge in [0.05, 0.1) is 18.2 Å². The van der Waals surface area contributed by atoms with Crippen LogP contribution in [0.25, 0.3) is 22.2 Å². The van der Waals surface area contributed by atoms with Crippen LogP contribution in [0.4, 0.5) is 0 Å². The van der Waals surface area contributed by atoms with Gasteiger partial charge in [0.15, 0.2) is 0 Å². The number of benzene rings is 2. The first-order chi connectivity index (χ1) is 23.7. The predicted octanol–water partition coefficient (Wildman–Crippen LogP) is 7.13. The Hall–Kier alpha value is -3.17. The van der Waals surface area contributed by atoms with Crippen LogP contribution in [-0.4, -0.2) is 75.0 Å². The standard InChI is InChI=1S/C40H52N4O4S/c1-26(2)49(47)41-37(45)28-13-15-31-34(21-28)44-25-40(38(46)43-20-19-42(3)39(24-43)17-9-6-10-18-39)23-33(40)32-22-29(48-4)14-16-30(32)36(44)35(31)27-11-7-5-8-12-27/h13-16,21-22,26-27,33H,5-12,17-20,23-25H2,1-4H3,(H,41,45). The molecule has 1 aromatic heterocycles. The Bertz CT molecular complexity index is 1820. The van der Waals surface area contributed by atoms with Crippen LogP contribution >= 0.6 is 0 Å². The summed E-state index contributed by atoms with van der Waals surface area (Å²) < 4.78 is 23.6. The Balaban J connectivity index is 1.28. The van der Waals surface area contributed by atoms with Crippen LogP contribution in [-0.2, 0) is 22.3 Å². The number of aromatic nitrogens is 1. The number of amides is 2. The maximum atomic E-state index is 15.1. The molecule has 3 aliphatic carbocycles. The molecular formula is C40H52N4O4S. The zero-order valence-electron chi connectivity index (χ0n) is 29.7. The summed E-state index contributed by atoms with van der Waals surface area (Å²) in [7, 11) is 2.52. The third-order valence-corrected chi connectivity index (χ3v) is 14.1. The average molecular weight is 685 g/mol. The van der Waals surface area contributed by atoms with Gasteiger partial charge in [0.2, 0.25) is 5.91 Å². The summed E-state index contributed by atoms with van der Waals surface area (Å²) in [4.78, 5) is 33.4. The van der Waals surface area contributed by atoms with Gasteiger partial charge in [0.25, 0.3) is 5.91 Å². The molecule has 3 atom stereocenters. The molecule has 1 saturated heterocycles. The van der Waals surface area contributed by atoms with Gasteiger partial charge >= 0.3 is 0 Å². The van der Waals surface area contributed by atoms with Crippen molar-refractivity contribution >= 4 is 33.7 Å². The van der Waals surface area contributed by atoms with Crippen LogP contribution in [0.15, 0.2) is 36.4 Å². The number of hydrogen-bond donors (Lipinski definition) is 1. The van der Waals surface area contributed by atoms with Crippen molar-refractivity contribution in [3.8, 4) is 17.0 Å². The van der Waals surface area contributed by atoms with E-state index < -0.39 is 16.4 Å². The van der Waals surface area contributed by atoms with Crippen molar-refractivity contribution in [1.29, 1.82) is 0 Å². The summed E-state index contributed by atoms with van der Waals surface area (Å²) in [5.41, 5.74) is 6.03. The molecule has 3 unspecified atom stereocenters. The van der Waals surface area contributed by atoms with Crippen LogP contribution in [0.5, 0.6) is 5.75 Å². The molecule has 3 heterocycles. The molecule has 262 valence electrons. The SMILES string of the molecule is COc1ccc2c(c1)C1CC1(C(=O)N1CCN(C)C3(CCCCC3)C1)Cn1c-2c(C2CCCCC2)c2ccc(C(=O)NS(=O)C(C)C)cc21. The second-order valence-electron chi connectivity index (χ2n) is 16.0. The number of fused-ring (bicyclic) bond motifs is 7. The van der Waals surface area contributed by atoms with Gasteiger partial charge in [0, 0.05) is 64.9 Å². The first-order valence-electron chi connectivity index (χ1n) is 18.7. The molecule has 49 heavy (non-hydrogen) atoms. The summed E-state index contributed by atoms with van der Waals surface area (Å²) in [5, 5.41) is 0.997. The van der Waals surface area contributed by atoms with Crippen LogP contribution in [0.2, 0.25) is 0 Å². The molecule has 8 nitrogen and oxygen atoms in total. The molecule has 9 heteroatoms. The Morgan fingerprint density at radius 1 is 0.959 bits per heavy atom. The fourth-order valence-corrected chi connectivity index (χ4v) is 10.5. The first kappa shape index (κ1) is 33.0. The molecular weight excluding hydrogens is 633 g/mol. The van der Waals surface area contributed by atoms with Crippen molar-refractivity contribution in [2.24, 2.45) is 5.41 Å². The van der Waals surface area contributed by atoms with Gasteiger partial charge in [-0.1, -0.05) is 44.6 Å². The van der Waals surface area contributed by atoms with E-state index in [0.29, 0.717) is 23.9 Å². The lowest BCUT2D eigenvalue weighted by atomic mass is 9.78. The number of methoxy groups -OCH3 is 1. The number of nitrogens with one attached hydrogen (secondary N) is 1. The Morgan fingerprint density at radius 2 is 1.71 bits per heavy atom. The maximum Gasteiger partial charge on any atom is 0.263 e. The number of likely N-dealkylation sites (N-methyl/N-ethyl adjacent to an activating group) is 1. The molecule has 0 radical (unpaired) electrons. The molecule has 2 amide bonds. The Kier molecular flexibility index (Phi) is 8.45. The van der Waals surface area contributed by atoms with Crippen molar-refractivity contribution in [1.82, 2.24) is 19.1 Å². The molecule has 3 saturated carbocycles. The van der Waals surface area contributed by atoms with Gasteiger partial charge < -0.3 is 14.2 Å². The van der Waals surface area contributed by atoms with E-state index in [0.717, 1.165) is 63.0 Å². The molecule has 2 aromatic carbocycles. The largest absolute Gasteiger partial charge is 0.497 e. The summed E-state index contributed by atoms with van der Waals surface area (Å²) in [6, 6.07) is 12.5. The molecule has 0 bridgehead atoms. The van der Waals surface area contributed by atoms with E-state index in [1.54, 1.807) is 7.11 Å². The lowest BCUT2D eigenvalue weighted by Gasteiger charge is -2.52. The Morgan fingerprint density at radius 3 is 2.45 bits per heavy atom. The summed E-state index contributed by atoms with van der Waals surface area (Å²) in [5.74, 6) is 1.32. The Labute approximate surface area is 293 Å². The minimum absolute atomic E-state index is 0.0802. The normalized spacial score (nSPS) is 25.7. The van der Waals surface area contributed by atoms with E-state index in [1.165, 1.54) is 66.3 Å². The minimum Gasteiger partial charge on any atom is -0.497 e. The highest BCUT2D eigenvalue weighted by atomic mass is 32.2. The fourth-order valence-electron chi connectivity index (χ4n) is 9.99. The van der Waals surface area contributed by atoms with Crippen LogP contribution < -0.4 is 9.46 Å². The number of ether oxygens (including phenoxy) is 1. The number of nitrogens with zero attached hydrogens (tertiary/aromatic N) is 3. The second kappa shape index (κ2) is 12.6. The molecule has 2 aliphatic heterocycles. The number of piperazine rings is 1. The zero-order valence-corrected chi connectivity index (χ0v) is 30.5. The molecule has 1 N–H and O–H groups in total. The van der Waals surface area contributed by atoms with Gasteiger partial charge in [-0.2, -0.15) is 0 Å². The molecule has 1 spiro atoms. The summed E-state index contributed by atoms with van der Waals surface area (Å²) >= 11 is 0. The van der Waals surface area contributed by atoms with Gasteiger partial charge in [-0.25, -0.2) is 4.21 Å². The van der Waals surface area contributed by atoms with E-state index in [2.05, 4.69) is 50.4 Å². The average Bonchev–Trinajstić information content (AvgIpc) is 3.79. The fraction of sp³-hybridized carbons (Fsp3) is 0.600. The van der Waals surface area contributed by atoms with Crippen molar-refractivity contribution < 1.29 is 18.5 Å². The third kappa shape index (κ3) is 5.45. The topological polar surface area (TPSA) is 83.9 Å². The quantitative estimate of drug-likeness (QED) is 0.299. The minimum atomic E-state index is -1.47. The van der Waals surface area contributed by atoms with Crippen molar-refractivity contribution in [2.75, 3.05) is 33.8 Å². The van der Waals surface area contributed by atoms with E-state index in [1.807, 2.05) is 26.0 Å². The highest BCUT2D eigenvalue weighted by Gasteiger charge is 2.64.